The molecule has 0 bridgehead atoms. The van der Waals surface area contributed by atoms with Crippen LogP contribution in [-0.4, -0.2) is 31.6 Å². The molecule has 0 aliphatic carbocycles. The second-order valence-electron chi connectivity index (χ2n) is 5.27. The number of methoxy groups -OCH3 is 1. The summed E-state index contributed by atoms with van der Waals surface area (Å²) in [6.45, 7) is 3.12. The monoisotopic (exact) mass is 347 g/mol. The van der Waals surface area contributed by atoms with Gasteiger partial charge in [0.2, 0.25) is 0 Å². The Morgan fingerprint density at radius 1 is 1.29 bits per heavy atom. The third-order valence-electron chi connectivity index (χ3n) is 3.52. The maximum atomic E-state index is 12.6. The molecular formula is C16H20F3NO4. The van der Waals surface area contributed by atoms with Gasteiger partial charge in [-0.25, -0.2) is 4.79 Å². The van der Waals surface area contributed by atoms with Crippen molar-refractivity contribution in [2.75, 3.05) is 13.7 Å². The maximum Gasteiger partial charge on any atom is 0.416 e. The average molecular weight is 347 g/mol. The van der Waals surface area contributed by atoms with Gasteiger partial charge >= 0.3 is 12.1 Å². The Kier molecular flexibility index (Phi) is 7.06. The molecule has 1 aromatic carbocycles. The summed E-state index contributed by atoms with van der Waals surface area (Å²) >= 11 is 0. The molecule has 0 spiro atoms. The Morgan fingerprint density at radius 2 is 1.96 bits per heavy atom. The van der Waals surface area contributed by atoms with Crippen molar-refractivity contribution < 1.29 is 32.2 Å². The number of ether oxygens (including phenoxy) is 2. The minimum Gasteiger partial charge on any atom is -0.484 e. The molecule has 8 heteroatoms. The van der Waals surface area contributed by atoms with Crippen molar-refractivity contribution in [3.8, 4) is 5.75 Å². The zero-order valence-electron chi connectivity index (χ0n) is 13.6. The minimum absolute atomic E-state index is 0.0851. The summed E-state index contributed by atoms with van der Waals surface area (Å²) in [6.07, 6.45) is -3.86. The second-order valence-corrected chi connectivity index (χ2v) is 5.27. The summed E-state index contributed by atoms with van der Waals surface area (Å²) < 4.78 is 47.5. The van der Waals surface area contributed by atoms with Gasteiger partial charge in [0.25, 0.3) is 5.91 Å². The van der Waals surface area contributed by atoms with Gasteiger partial charge in [-0.05, 0) is 24.1 Å². The number of rotatable bonds is 7. The molecule has 0 radical (unpaired) electrons. The Hall–Kier alpha value is -2.25. The van der Waals surface area contributed by atoms with Crippen molar-refractivity contribution in [1.29, 1.82) is 0 Å². The molecule has 1 N–H and O–H groups in total. The molecule has 2 atom stereocenters. The largest absolute Gasteiger partial charge is 0.484 e. The van der Waals surface area contributed by atoms with Gasteiger partial charge in [0, 0.05) is 0 Å². The standard InChI is InChI=1S/C16H20F3NO4/c1-4-10(2)14(15(22)23-3)20-13(21)9-24-12-7-5-6-11(8-12)16(17,18)19/h5-8,10,14H,4,9H2,1-3H3,(H,20,21). The van der Waals surface area contributed by atoms with Gasteiger partial charge in [0.1, 0.15) is 11.8 Å². The summed E-state index contributed by atoms with van der Waals surface area (Å²) in [7, 11) is 1.21. The number of hydrogen-bond donors (Lipinski definition) is 1. The number of halogens is 3. The predicted molar refractivity (Wildman–Crippen MR) is 80.3 cm³/mol. The highest BCUT2D eigenvalue weighted by molar-refractivity contribution is 5.85. The normalized spacial score (nSPS) is 13.8. The Labute approximate surface area is 138 Å². The molecule has 2 unspecified atom stereocenters. The molecule has 0 saturated heterocycles. The fraction of sp³-hybridized carbons (Fsp3) is 0.500. The number of alkyl halides is 3. The van der Waals surface area contributed by atoms with Crippen LogP contribution in [0.3, 0.4) is 0 Å². The van der Waals surface area contributed by atoms with E-state index in [9.17, 15) is 22.8 Å². The van der Waals surface area contributed by atoms with Gasteiger partial charge in [-0.15, -0.1) is 0 Å². The van der Waals surface area contributed by atoms with Crippen molar-refractivity contribution in [2.24, 2.45) is 5.92 Å². The molecule has 0 heterocycles. The van der Waals surface area contributed by atoms with Gasteiger partial charge in [-0.3, -0.25) is 4.79 Å². The van der Waals surface area contributed by atoms with Crippen molar-refractivity contribution in [1.82, 2.24) is 5.32 Å². The number of amides is 1. The fourth-order valence-corrected chi connectivity index (χ4v) is 1.92. The lowest BCUT2D eigenvalue weighted by atomic mass is 9.99. The summed E-state index contributed by atoms with van der Waals surface area (Å²) in [4.78, 5) is 23.6. The van der Waals surface area contributed by atoms with E-state index >= 15 is 0 Å². The van der Waals surface area contributed by atoms with Crippen LogP contribution in [0.15, 0.2) is 24.3 Å². The first-order valence-electron chi connectivity index (χ1n) is 7.36. The van der Waals surface area contributed by atoms with E-state index in [-0.39, 0.29) is 11.7 Å². The molecule has 1 amide bonds. The molecule has 24 heavy (non-hydrogen) atoms. The van der Waals surface area contributed by atoms with Crippen molar-refractivity contribution >= 4 is 11.9 Å². The van der Waals surface area contributed by atoms with Crippen LogP contribution in [0.2, 0.25) is 0 Å². The zero-order chi connectivity index (χ0) is 18.3. The van der Waals surface area contributed by atoms with Crippen LogP contribution in [0.25, 0.3) is 0 Å². The highest BCUT2D eigenvalue weighted by Gasteiger charge is 2.31. The van der Waals surface area contributed by atoms with Crippen LogP contribution in [0.5, 0.6) is 5.75 Å². The van der Waals surface area contributed by atoms with Crippen molar-refractivity contribution in [3.63, 3.8) is 0 Å². The summed E-state index contributed by atoms with van der Waals surface area (Å²) in [5.41, 5.74) is -0.868. The third kappa shape index (κ3) is 5.75. The second kappa shape index (κ2) is 8.56. The van der Waals surface area contributed by atoms with Gasteiger partial charge < -0.3 is 14.8 Å². The zero-order valence-corrected chi connectivity index (χ0v) is 13.6. The van der Waals surface area contributed by atoms with Crippen LogP contribution in [0.4, 0.5) is 13.2 Å². The van der Waals surface area contributed by atoms with E-state index in [4.69, 9.17) is 4.74 Å². The molecule has 0 fully saturated rings. The first-order valence-corrected chi connectivity index (χ1v) is 7.36. The third-order valence-corrected chi connectivity index (χ3v) is 3.52. The van der Waals surface area contributed by atoms with Crippen LogP contribution in [0.1, 0.15) is 25.8 Å². The number of benzene rings is 1. The first kappa shape index (κ1) is 19.8. The molecule has 1 rings (SSSR count). The highest BCUT2D eigenvalue weighted by atomic mass is 19.4. The van der Waals surface area contributed by atoms with E-state index in [1.807, 2.05) is 6.92 Å². The smallest absolute Gasteiger partial charge is 0.416 e. The molecule has 1 aromatic rings. The molecular weight excluding hydrogens is 327 g/mol. The van der Waals surface area contributed by atoms with Crippen molar-refractivity contribution in [3.05, 3.63) is 29.8 Å². The van der Waals surface area contributed by atoms with E-state index in [1.165, 1.54) is 19.2 Å². The molecule has 0 saturated carbocycles. The van der Waals surface area contributed by atoms with Gasteiger partial charge in [0.15, 0.2) is 6.61 Å². The van der Waals surface area contributed by atoms with E-state index in [0.29, 0.717) is 6.42 Å². The lowest BCUT2D eigenvalue weighted by molar-refractivity contribution is -0.146. The van der Waals surface area contributed by atoms with Gasteiger partial charge in [-0.1, -0.05) is 26.3 Å². The predicted octanol–water partition coefficient (Wildman–Crippen LogP) is 2.79. The van der Waals surface area contributed by atoms with Crippen LogP contribution < -0.4 is 10.1 Å². The first-order chi connectivity index (χ1) is 11.2. The molecule has 5 nitrogen and oxygen atoms in total. The molecule has 0 aliphatic heterocycles. The maximum absolute atomic E-state index is 12.6. The fourth-order valence-electron chi connectivity index (χ4n) is 1.92. The topological polar surface area (TPSA) is 64.6 Å². The minimum atomic E-state index is -4.49. The highest BCUT2D eigenvalue weighted by Crippen LogP contribution is 2.31. The van der Waals surface area contributed by atoms with Crippen LogP contribution in [0, 0.1) is 5.92 Å². The van der Waals surface area contributed by atoms with Gasteiger partial charge in [-0.2, -0.15) is 13.2 Å². The Balaban J connectivity index is 2.67. The average Bonchev–Trinajstić information content (AvgIpc) is 2.56. The van der Waals surface area contributed by atoms with E-state index in [1.54, 1.807) is 6.92 Å². The quantitative estimate of drug-likeness (QED) is 0.771. The van der Waals surface area contributed by atoms with Crippen LogP contribution >= 0.6 is 0 Å². The summed E-state index contributed by atoms with van der Waals surface area (Å²) in [5, 5.41) is 2.47. The van der Waals surface area contributed by atoms with Gasteiger partial charge in [0.05, 0.1) is 12.7 Å². The van der Waals surface area contributed by atoms with E-state index in [2.05, 4.69) is 10.1 Å². The van der Waals surface area contributed by atoms with Crippen molar-refractivity contribution in [2.45, 2.75) is 32.5 Å². The Morgan fingerprint density at radius 3 is 2.50 bits per heavy atom. The number of carbonyl (C=O) groups excluding carboxylic acids is 2. The molecule has 0 aliphatic rings. The summed E-state index contributed by atoms with van der Waals surface area (Å²) in [6, 6.07) is 3.38. The number of nitrogens with one attached hydrogen (secondary N) is 1. The van der Waals surface area contributed by atoms with E-state index < -0.39 is 36.3 Å². The Bertz CT molecular complexity index is 575. The lowest BCUT2D eigenvalue weighted by Gasteiger charge is -2.21. The summed E-state index contributed by atoms with van der Waals surface area (Å²) in [5.74, 6) is -1.45. The molecule has 134 valence electrons. The lowest BCUT2D eigenvalue weighted by Crippen LogP contribution is -2.47. The number of carbonyl (C=O) groups is 2. The van der Waals surface area contributed by atoms with Crippen LogP contribution in [-0.2, 0) is 20.5 Å². The number of esters is 1. The molecule has 0 aromatic heterocycles. The SMILES string of the molecule is CCC(C)C(NC(=O)COc1cccc(C(F)(F)F)c1)C(=O)OC. The number of hydrogen-bond acceptors (Lipinski definition) is 4. The van der Waals surface area contributed by atoms with E-state index in [0.717, 1.165) is 12.1 Å².